The molecule has 0 aromatic carbocycles. The van der Waals surface area contributed by atoms with Crippen molar-refractivity contribution >= 4 is 11.8 Å². The predicted octanol–water partition coefficient (Wildman–Crippen LogP) is 1.14. The van der Waals surface area contributed by atoms with Crippen molar-refractivity contribution in [2.45, 2.75) is 53.0 Å². The highest BCUT2D eigenvalue weighted by atomic mass is 16.2. The molecule has 0 fully saturated rings. The molecule has 0 bridgehead atoms. The topological polar surface area (TPSA) is 61.4 Å². The van der Waals surface area contributed by atoms with Gasteiger partial charge in [-0.15, -0.1) is 0 Å². The number of hydrogen-bond acceptors (Lipinski definition) is 3. The van der Waals surface area contributed by atoms with E-state index < -0.39 is 0 Å². The average molecular weight is 271 g/mol. The van der Waals surface area contributed by atoms with Gasteiger partial charge in [0.15, 0.2) is 0 Å². The van der Waals surface area contributed by atoms with Gasteiger partial charge in [0.2, 0.25) is 11.8 Å². The number of nitrogens with zero attached hydrogens (tertiary/aromatic N) is 1. The van der Waals surface area contributed by atoms with Gasteiger partial charge in [-0.3, -0.25) is 9.59 Å². The first-order valence-electron chi connectivity index (χ1n) is 7.32. The van der Waals surface area contributed by atoms with Gasteiger partial charge in [-0.25, -0.2) is 0 Å². The maximum Gasteiger partial charge on any atom is 0.234 e. The van der Waals surface area contributed by atoms with E-state index >= 15 is 0 Å². The van der Waals surface area contributed by atoms with Gasteiger partial charge in [0.25, 0.3) is 0 Å². The summed E-state index contributed by atoms with van der Waals surface area (Å²) in [6.07, 6.45) is 2.50. The highest BCUT2D eigenvalue weighted by Crippen LogP contribution is 1.94. The van der Waals surface area contributed by atoms with E-state index in [9.17, 15) is 9.59 Å². The Kier molecular flexibility index (Phi) is 10.2. The van der Waals surface area contributed by atoms with Crippen LogP contribution in [0.2, 0.25) is 0 Å². The summed E-state index contributed by atoms with van der Waals surface area (Å²) in [6.45, 7) is 10.3. The van der Waals surface area contributed by atoms with Crippen LogP contribution in [-0.4, -0.2) is 48.9 Å². The third-order valence-electron chi connectivity index (χ3n) is 3.05. The van der Waals surface area contributed by atoms with Crippen molar-refractivity contribution in [2.75, 3.05) is 26.2 Å². The van der Waals surface area contributed by atoms with Crippen LogP contribution in [0.5, 0.6) is 0 Å². The zero-order valence-corrected chi connectivity index (χ0v) is 12.8. The van der Waals surface area contributed by atoms with Crippen molar-refractivity contribution < 1.29 is 9.59 Å². The van der Waals surface area contributed by atoms with Crippen molar-refractivity contribution in [3.8, 4) is 0 Å². The molecule has 5 heteroatoms. The molecule has 112 valence electrons. The van der Waals surface area contributed by atoms with Gasteiger partial charge in [-0.05, 0) is 27.2 Å². The molecule has 1 unspecified atom stereocenters. The summed E-state index contributed by atoms with van der Waals surface area (Å²) in [5.41, 5.74) is 0. The fourth-order valence-electron chi connectivity index (χ4n) is 1.96. The Morgan fingerprint density at radius 3 is 2.32 bits per heavy atom. The third-order valence-corrected chi connectivity index (χ3v) is 3.05. The summed E-state index contributed by atoms with van der Waals surface area (Å²) in [4.78, 5) is 25.0. The fourth-order valence-corrected chi connectivity index (χ4v) is 1.96. The SMILES string of the molecule is CCCC(C)NC(=O)CNCCC(=O)N(CC)CC. The minimum Gasteiger partial charge on any atom is -0.353 e. The highest BCUT2D eigenvalue weighted by Gasteiger charge is 2.09. The largest absolute Gasteiger partial charge is 0.353 e. The first-order valence-corrected chi connectivity index (χ1v) is 7.32. The smallest absolute Gasteiger partial charge is 0.234 e. The lowest BCUT2D eigenvalue weighted by Crippen LogP contribution is -2.40. The summed E-state index contributed by atoms with van der Waals surface area (Å²) in [5, 5.41) is 5.92. The highest BCUT2D eigenvalue weighted by molar-refractivity contribution is 5.78. The number of carbonyl (C=O) groups is 2. The second-order valence-electron chi connectivity index (χ2n) is 4.75. The van der Waals surface area contributed by atoms with Crippen LogP contribution in [0.1, 0.15) is 47.0 Å². The van der Waals surface area contributed by atoms with Gasteiger partial charge in [0.1, 0.15) is 0 Å². The molecule has 0 aromatic rings. The number of rotatable bonds is 10. The molecule has 5 nitrogen and oxygen atoms in total. The van der Waals surface area contributed by atoms with Gasteiger partial charge in [0, 0.05) is 32.1 Å². The van der Waals surface area contributed by atoms with Crippen LogP contribution in [0.25, 0.3) is 0 Å². The van der Waals surface area contributed by atoms with Crippen molar-refractivity contribution in [2.24, 2.45) is 0 Å². The van der Waals surface area contributed by atoms with E-state index in [4.69, 9.17) is 0 Å². The van der Waals surface area contributed by atoms with Gasteiger partial charge in [-0.1, -0.05) is 13.3 Å². The average Bonchev–Trinajstić information content (AvgIpc) is 2.36. The lowest BCUT2D eigenvalue weighted by molar-refractivity contribution is -0.131. The van der Waals surface area contributed by atoms with E-state index in [1.54, 1.807) is 4.90 Å². The number of amides is 2. The minimum atomic E-state index is -0.00348. The zero-order chi connectivity index (χ0) is 14.7. The fraction of sp³-hybridized carbons (Fsp3) is 0.857. The molecular formula is C14H29N3O2. The van der Waals surface area contributed by atoms with E-state index in [0.717, 1.165) is 25.9 Å². The lowest BCUT2D eigenvalue weighted by Gasteiger charge is -2.18. The van der Waals surface area contributed by atoms with Crippen LogP contribution in [-0.2, 0) is 9.59 Å². The van der Waals surface area contributed by atoms with Crippen LogP contribution in [0.3, 0.4) is 0 Å². The Morgan fingerprint density at radius 1 is 1.16 bits per heavy atom. The maximum absolute atomic E-state index is 11.7. The Morgan fingerprint density at radius 2 is 1.79 bits per heavy atom. The molecule has 1 atom stereocenters. The number of hydrogen-bond donors (Lipinski definition) is 2. The first kappa shape index (κ1) is 17.9. The summed E-state index contributed by atoms with van der Waals surface area (Å²) in [6, 6.07) is 0.219. The van der Waals surface area contributed by atoms with Crippen LogP contribution in [0, 0.1) is 0 Å². The van der Waals surface area contributed by atoms with E-state index in [1.165, 1.54) is 0 Å². The molecule has 0 aromatic heterocycles. The van der Waals surface area contributed by atoms with Crippen LogP contribution in [0.4, 0.5) is 0 Å². The molecule has 0 rings (SSSR count). The quantitative estimate of drug-likeness (QED) is 0.586. The van der Waals surface area contributed by atoms with E-state index in [2.05, 4.69) is 17.6 Å². The second-order valence-corrected chi connectivity index (χ2v) is 4.75. The van der Waals surface area contributed by atoms with Crippen LogP contribution in [0.15, 0.2) is 0 Å². The monoisotopic (exact) mass is 271 g/mol. The number of nitrogens with one attached hydrogen (secondary N) is 2. The molecule has 0 aliphatic carbocycles. The predicted molar refractivity (Wildman–Crippen MR) is 77.9 cm³/mol. The summed E-state index contributed by atoms with van der Waals surface area (Å²) < 4.78 is 0. The molecular weight excluding hydrogens is 242 g/mol. The Labute approximate surface area is 117 Å². The summed E-state index contributed by atoms with van der Waals surface area (Å²) >= 11 is 0. The van der Waals surface area contributed by atoms with Crippen molar-refractivity contribution in [1.82, 2.24) is 15.5 Å². The van der Waals surface area contributed by atoms with Crippen molar-refractivity contribution in [3.63, 3.8) is 0 Å². The van der Waals surface area contributed by atoms with Crippen LogP contribution < -0.4 is 10.6 Å². The molecule has 2 amide bonds. The van der Waals surface area contributed by atoms with Crippen LogP contribution >= 0.6 is 0 Å². The lowest BCUT2D eigenvalue weighted by atomic mass is 10.2. The van der Waals surface area contributed by atoms with Crippen molar-refractivity contribution in [3.05, 3.63) is 0 Å². The molecule has 0 aliphatic heterocycles. The second kappa shape index (κ2) is 10.8. The van der Waals surface area contributed by atoms with E-state index in [1.807, 2.05) is 20.8 Å². The molecule has 19 heavy (non-hydrogen) atoms. The maximum atomic E-state index is 11.7. The molecule has 0 heterocycles. The van der Waals surface area contributed by atoms with Gasteiger partial charge in [0.05, 0.1) is 6.54 Å². The standard InChI is InChI=1S/C14H29N3O2/c1-5-8-12(4)16-13(18)11-15-10-9-14(19)17(6-2)7-3/h12,15H,5-11H2,1-4H3,(H,16,18). The van der Waals surface area contributed by atoms with Crippen molar-refractivity contribution in [1.29, 1.82) is 0 Å². The molecule has 2 N–H and O–H groups in total. The Balaban J connectivity index is 3.68. The molecule has 0 saturated heterocycles. The molecule has 0 radical (unpaired) electrons. The normalized spacial score (nSPS) is 12.0. The van der Waals surface area contributed by atoms with E-state index in [0.29, 0.717) is 13.0 Å². The van der Waals surface area contributed by atoms with Gasteiger partial charge < -0.3 is 15.5 Å². The Hall–Kier alpha value is -1.10. The van der Waals surface area contributed by atoms with Gasteiger partial charge >= 0.3 is 0 Å². The molecule has 0 saturated carbocycles. The zero-order valence-electron chi connectivity index (χ0n) is 12.8. The Bertz CT molecular complexity index is 265. The number of carbonyl (C=O) groups excluding carboxylic acids is 2. The van der Waals surface area contributed by atoms with Gasteiger partial charge in [-0.2, -0.15) is 0 Å². The summed E-state index contributed by atoms with van der Waals surface area (Å²) in [7, 11) is 0. The first-order chi connectivity index (χ1) is 9.04. The molecule has 0 aliphatic rings. The van der Waals surface area contributed by atoms with E-state index in [-0.39, 0.29) is 24.4 Å². The molecule has 0 spiro atoms. The third kappa shape index (κ3) is 8.59. The summed E-state index contributed by atoms with van der Waals surface area (Å²) in [5.74, 6) is 0.133. The minimum absolute atomic E-state index is 0.00348.